The van der Waals surface area contributed by atoms with Gasteiger partial charge in [-0.2, -0.15) is 0 Å². The smallest absolute Gasteiger partial charge is 0.289 e. The molecule has 0 saturated heterocycles. The van der Waals surface area contributed by atoms with Gasteiger partial charge < -0.3 is 14.9 Å². The minimum Gasteiger partial charge on any atom is -0.507 e. The molecule has 45 valence electrons. The van der Waals surface area contributed by atoms with Crippen molar-refractivity contribution < 1.29 is 14.9 Å². The van der Waals surface area contributed by atoms with Gasteiger partial charge in [-0.15, -0.1) is 0 Å². The van der Waals surface area contributed by atoms with Crippen LogP contribution in [-0.4, -0.2) is 16.3 Å². The Morgan fingerprint density at radius 3 is 2.38 bits per heavy atom. The summed E-state index contributed by atoms with van der Waals surface area (Å²) in [7, 11) is 0. The zero-order chi connectivity index (χ0) is 6.15. The molecule has 0 saturated carbocycles. The second kappa shape index (κ2) is 1.76. The van der Waals surface area contributed by atoms with Crippen LogP contribution in [0.1, 0.15) is 6.92 Å². The molecule has 1 rings (SSSR count). The second-order valence-corrected chi connectivity index (χ2v) is 1.68. The standard InChI is InChI=1S/C5H7O3/c1-3-2-4(6)5(7)8-3/h2-3,6-7H,1H3. The highest BCUT2D eigenvalue weighted by Crippen LogP contribution is 2.19. The molecule has 8 heavy (non-hydrogen) atoms. The maximum atomic E-state index is 8.62. The van der Waals surface area contributed by atoms with Crippen molar-refractivity contribution in [1.29, 1.82) is 0 Å². The third-order valence-corrected chi connectivity index (χ3v) is 0.909. The summed E-state index contributed by atoms with van der Waals surface area (Å²) in [4.78, 5) is 0. The number of hydrogen-bond donors (Lipinski definition) is 2. The molecule has 0 aliphatic carbocycles. The molecule has 3 heteroatoms. The van der Waals surface area contributed by atoms with Crippen LogP contribution in [0.15, 0.2) is 11.8 Å². The summed E-state index contributed by atoms with van der Waals surface area (Å²) in [6, 6.07) is 0. The van der Waals surface area contributed by atoms with E-state index in [1.165, 1.54) is 6.08 Å². The fourth-order valence-electron chi connectivity index (χ4n) is 0.564. The summed E-state index contributed by atoms with van der Waals surface area (Å²) in [5, 5.41) is 17.2. The van der Waals surface area contributed by atoms with E-state index in [9.17, 15) is 0 Å². The van der Waals surface area contributed by atoms with Gasteiger partial charge in [0.25, 0.3) is 6.29 Å². The van der Waals surface area contributed by atoms with Crippen LogP contribution in [-0.2, 0) is 4.74 Å². The lowest BCUT2D eigenvalue weighted by Gasteiger charge is -2.00. The Morgan fingerprint density at radius 1 is 1.62 bits per heavy atom. The van der Waals surface area contributed by atoms with Gasteiger partial charge in [0.15, 0.2) is 5.76 Å². The number of aliphatic hydroxyl groups excluding tert-OH is 2. The first-order valence-electron chi connectivity index (χ1n) is 2.34. The van der Waals surface area contributed by atoms with Gasteiger partial charge in [0.1, 0.15) is 0 Å². The quantitative estimate of drug-likeness (QED) is 0.488. The normalized spacial score (nSPS) is 30.8. The van der Waals surface area contributed by atoms with Crippen LogP contribution in [0, 0.1) is 6.29 Å². The van der Waals surface area contributed by atoms with E-state index in [-0.39, 0.29) is 18.2 Å². The minimum atomic E-state index is -0.377. The zero-order valence-electron chi connectivity index (χ0n) is 4.46. The molecule has 1 radical (unpaired) electrons. The fourth-order valence-corrected chi connectivity index (χ4v) is 0.564. The third-order valence-electron chi connectivity index (χ3n) is 0.909. The summed E-state index contributed by atoms with van der Waals surface area (Å²) < 4.78 is 4.60. The third kappa shape index (κ3) is 0.827. The molecule has 3 nitrogen and oxygen atoms in total. The van der Waals surface area contributed by atoms with Gasteiger partial charge in [-0.25, -0.2) is 0 Å². The van der Waals surface area contributed by atoms with E-state index >= 15 is 0 Å². The predicted molar refractivity (Wildman–Crippen MR) is 26.4 cm³/mol. The van der Waals surface area contributed by atoms with Gasteiger partial charge in [-0.05, 0) is 13.0 Å². The maximum absolute atomic E-state index is 8.62. The number of hydrogen-bond acceptors (Lipinski definition) is 3. The fraction of sp³-hybridized carbons (Fsp3) is 0.400. The van der Waals surface area contributed by atoms with Gasteiger partial charge >= 0.3 is 0 Å². The molecule has 1 aliphatic heterocycles. The highest BCUT2D eigenvalue weighted by molar-refractivity contribution is 5.12. The molecule has 0 bridgehead atoms. The van der Waals surface area contributed by atoms with Crippen LogP contribution in [0.5, 0.6) is 0 Å². The lowest BCUT2D eigenvalue weighted by atomic mass is 10.4. The Balaban J connectivity index is 2.59. The summed E-state index contributed by atoms with van der Waals surface area (Å²) >= 11 is 0. The molecular weight excluding hydrogens is 108 g/mol. The first-order chi connectivity index (χ1) is 3.70. The lowest BCUT2D eigenvalue weighted by Crippen LogP contribution is -2.01. The summed E-state index contributed by atoms with van der Waals surface area (Å²) in [6.07, 6.45) is 0.850. The van der Waals surface area contributed by atoms with E-state index in [0.717, 1.165) is 0 Å². The van der Waals surface area contributed by atoms with Gasteiger partial charge in [0, 0.05) is 0 Å². The van der Waals surface area contributed by atoms with E-state index in [1.54, 1.807) is 6.92 Å². The van der Waals surface area contributed by atoms with Crippen molar-refractivity contribution >= 4 is 0 Å². The second-order valence-electron chi connectivity index (χ2n) is 1.68. The Labute approximate surface area is 47.2 Å². The Kier molecular flexibility index (Phi) is 1.23. The van der Waals surface area contributed by atoms with Crippen LogP contribution in [0.4, 0.5) is 0 Å². The van der Waals surface area contributed by atoms with Crippen molar-refractivity contribution in [3.8, 4) is 0 Å². The van der Waals surface area contributed by atoms with Crippen molar-refractivity contribution in [2.24, 2.45) is 0 Å². The van der Waals surface area contributed by atoms with Gasteiger partial charge in [-0.1, -0.05) is 0 Å². The topological polar surface area (TPSA) is 49.7 Å². The van der Waals surface area contributed by atoms with Crippen LogP contribution < -0.4 is 0 Å². The van der Waals surface area contributed by atoms with Crippen molar-refractivity contribution in [2.45, 2.75) is 13.0 Å². The lowest BCUT2D eigenvalue weighted by molar-refractivity contribution is 0.00476. The maximum Gasteiger partial charge on any atom is 0.289 e. The minimum absolute atomic E-state index is 0.169. The molecule has 1 heterocycles. The molecule has 0 aromatic carbocycles. The van der Waals surface area contributed by atoms with E-state index in [1.807, 2.05) is 0 Å². The van der Waals surface area contributed by atoms with Crippen molar-refractivity contribution in [3.63, 3.8) is 0 Å². The van der Waals surface area contributed by atoms with Crippen LogP contribution in [0.2, 0.25) is 0 Å². The highest BCUT2D eigenvalue weighted by atomic mass is 16.6. The van der Waals surface area contributed by atoms with E-state index in [4.69, 9.17) is 10.2 Å². The van der Waals surface area contributed by atoms with Crippen molar-refractivity contribution in [1.82, 2.24) is 0 Å². The first kappa shape index (κ1) is 5.59. The molecular formula is C5H7O3. The molecule has 0 aromatic rings. The Hall–Kier alpha value is -0.540. The first-order valence-corrected chi connectivity index (χ1v) is 2.34. The largest absolute Gasteiger partial charge is 0.507 e. The van der Waals surface area contributed by atoms with Crippen LogP contribution in [0.3, 0.4) is 0 Å². The molecule has 0 fully saturated rings. The summed E-state index contributed by atoms with van der Waals surface area (Å²) in [6.45, 7) is 1.72. The molecule has 0 spiro atoms. The van der Waals surface area contributed by atoms with Crippen molar-refractivity contribution in [2.75, 3.05) is 0 Å². The molecule has 0 amide bonds. The van der Waals surface area contributed by atoms with Crippen LogP contribution >= 0.6 is 0 Å². The SMILES string of the molecule is CC1C=C(O)[C](O)O1. The van der Waals surface area contributed by atoms with E-state index < -0.39 is 0 Å². The van der Waals surface area contributed by atoms with Gasteiger partial charge in [-0.3, -0.25) is 0 Å². The molecule has 0 aromatic heterocycles. The monoisotopic (exact) mass is 115 g/mol. The zero-order valence-corrected chi connectivity index (χ0v) is 4.46. The number of aliphatic hydroxyl groups is 2. The summed E-state index contributed by atoms with van der Waals surface area (Å²) in [5.74, 6) is -0.169. The number of rotatable bonds is 0. The number of ether oxygens (including phenoxy) is 1. The predicted octanol–water partition coefficient (Wildman–Crippen LogP) is 0.709. The van der Waals surface area contributed by atoms with E-state index in [2.05, 4.69) is 4.74 Å². The van der Waals surface area contributed by atoms with Gasteiger partial charge in [0.2, 0.25) is 0 Å². The average molecular weight is 115 g/mol. The van der Waals surface area contributed by atoms with Crippen molar-refractivity contribution in [3.05, 3.63) is 18.1 Å². The molecule has 1 unspecified atom stereocenters. The molecule has 2 N–H and O–H groups in total. The van der Waals surface area contributed by atoms with E-state index in [0.29, 0.717) is 0 Å². The highest BCUT2D eigenvalue weighted by Gasteiger charge is 2.22. The van der Waals surface area contributed by atoms with Gasteiger partial charge in [0.05, 0.1) is 6.10 Å². The average Bonchev–Trinajstić information content (AvgIpc) is 1.85. The molecule has 1 atom stereocenters. The Morgan fingerprint density at radius 2 is 2.25 bits per heavy atom. The molecule has 1 aliphatic rings. The van der Waals surface area contributed by atoms with Crippen LogP contribution in [0.25, 0.3) is 0 Å². The Bertz CT molecular complexity index is 119. The summed E-state index contributed by atoms with van der Waals surface area (Å²) in [5.41, 5.74) is 0.